The first-order valence-corrected chi connectivity index (χ1v) is 5.25. The Bertz CT molecular complexity index is 268. The van der Waals surface area contributed by atoms with Gasteiger partial charge in [-0.25, -0.2) is 24.6 Å². The van der Waals surface area contributed by atoms with Crippen LogP contribution < -0.4 is 57.1 Å². The molecule has 0 saturated heterocycles. The van der Waals surface area contributed by atoms with Gasteiger partial charge in [-0.05, 0) is 0 Å². The van der Waals surface area contributed by atoms with Crippen LogP contribution in [0.5, 0.6) is 0 Å². The molecular weight excluding hydrogens is 229 g/mol. The van der Waals surface area contributed by atoms with Crippen LogP contribution in [0.3, 0.4) is 0 Å². The van der Waals surface area contributed by atoms with Crippen LogP contribution in [0.2, 0.25) is 0 Å². The van der Waals surface area contributed by atoms with Gasteiger partial charge in [-0.15, -0.1) is 0 Å². The molecule has 3 N–H and O–H groups in total. The summed E-state index contributed by atoms with van der Waals surface area (Å²) in [6, 6.07) is 0. The minimum atomic E-state index is -0.474. The second kappa shape index (κ2) is 8.36. The van der Waals surface area contributed by atoms with E-state index in [9.17, 15) is 4.79 Å². The summed E-state index contributed by atoms with van der Waals surface area (Å²) in [5, 5.41) is 8.31. The molecule has 84 valence electrons. The molecule has 0 atom stereocenters. The second-order valence-electron chi connectivity index (χ2n) is 3.93. The summed E-state index contributed by atoms with van der Waals surface area (Å²) < 4.78 is 0. The van der Waals surface area contributed by atoms with E-state index in [4.69, 9.17) is 10.8 Å². The van der Waals surface area contributed by atoms with Crippen LogP contribution in [-0.2, 0) is 4.79 Å². The summed E-state index contributed by atoms with van der Waals surface area (Å²) in [7, 11) is 0. The molecule has 1 aliphatic carbocycles. The molecule has 1 amide bonds. The van der Waals surface area contributed by atoms with Gasteiger partial charge in [0, 0.05) is 5.41 Å². The van der Waals surface area contributed by atoms with Gasteiger partial charge in [0.15, 0.2) is 0 Å². The summed E-state index contributed by atoms with van der Waals surface area (Å²) in [5.41, 5.74) is 4.96. The molecule has 1 rings (SSSR count). The number of amides is 1. The summed E-state index contributed by atoms with van der Waals surface area (Å²) in [5.74, 6) is -0.246. The Hall–Kier alpha value is 0.256. The van der Waals surface area contributed by atoms with Gasteiger partial charge in [0.2, 0.25) is 5.91 Å². The average molecular weight is 246 g/mol. The number of hydrogen-bond acceptors (Lipinski definition) is 2. The molecular formula is C12H17KNO2-. The molecule has 0 aromatic rings. The average Bonchev–Trinajstić information content (AvgIpc) is 2.26. The van der Waals surface area contributed by atoms with E-state index >= 15 is 0 Å². The van der Waals surface area contributed by atoms with Crippen LogP contribution in [0.25, 0.3) is 0 Å². The van der Waals surface area contributed by atoms with Crippen LogP contribution in [0.4, 0.5) is 0 Å². The van der Waals surface area contributed by atoms with Crippen molar-refractivity contribution >= 4 is 5.91 Å². The van der Waals surface area contributed by atoms with Gasteiger partial charge < -0.3 is 10.8 Å². The summed E-state index contributed by atoms with van der Waals surface area (Å²) >= 11 is 0. The van der Waals surface area contributed by atoms with Crippen molar-refractivity contribution in [3.8, 4) is 0 Å². The first kappa shape index (κ1) is 16.3. The van der Waals surface area contributed by atoms with Gasteiger partial charge in [-0.3, -0.25) is 4.79 Å². The minimum Gasteiger partial charge on any atom is -0.607 e. The maximum absolute atomic E-state index is 11.4. The minimum absolute atomic E-state index is 0. The zero-order valence-electron chi connectivity index (χ0n) is 9.78. The standard InChI is InChI=1S/C12H17NO2.K/c13-11(15)12(7-3-1-4-8-12)9-5-2-6-10-14;/h2,5-6,9,14H,1,3-4,7-8H2,(H2,13,15);/q-2;+1/b5-2-;. The van der Waals surface area contributed by atoms with Gasteiger partial charge in [-0.2, -0.15) is 0 Å². The van der Waals surface area contributed by atoms with Crippen molar-refractivity contribution in [1.82, 2.24) is 0 Å². The van der Waals surface area contributed by atoms with Gasteiger partial charge in [-0.1, -0.05) is 38.4 Å². The van der Waals surface area contributed by atoms with Gasteiger partial charge >= 0.3 is 51.4 Å². The van der Waals surface area contributed by atoms with E-state index in [1.165, 1.54) is 12.5 Å². The first-order valence-electron chi connectivity index (χ1n) is 5.25. The van der Waals surface area contributed by atoms with E-state index in [1.54, 1.807) is 12.2 Å². The number of nitrogens with two attached hydrogens (primary N) is 1. The zero-order chi connectivity index (χ0) is 11.1. The van der Waals surface area contributed by atoms with E-state index in [0.29, 0.717) is 0 Å². The van der Waals surface area contributed by atoms with Crippen molar-refractivity contribution in [2.24, 2.45) is 11.1 Å². The van der Waals surface area contributed by atoms with Crippen LogP contribution in [0.1, 0.15) is 32.1 Å². The van der Waals surface area contributed by atoms with E-state index in [0.717, 1.165) is 25.7 Å². The smallest absolute Gasteiger partial charge is 0.607 e. The SMILES string of the molecule is NC(=O)C1([CH-]/C=C\C=[C-]O)CCCCC1.[K+]. The third-order valence-electron chi connectivity index (χ3n) is 2.93. The van der Waals surface area contributed by atoms with E-state index in [1.807, 2.05) is 12.7 Å². The molecule has 1 saturated carbocycles. The fraction of sp³-hybridized carbons (Fsp3) is 0.500. The molecule has 0 radical (unpaired) electrons. The fourth-order valence-electron chi connectivity index (χ4n) is 2.02. The van der Waals surface area contributed by atoms with Gasteiger partial charge in [0.25, 0.3) is 0 Å². The molecule has 16 heavy (non-hydrogen) atoms. The molecule has 0 aliphatic heterocycles. The second-order valence-corrected chi connectivity index (χ2v) is 3.93. The number of primary amides is 1. The number of carbonyl (C=O) groups excluding carboxylic acids is 1. The predicted molar refractivity (Wildman–Crippen MR) is 58.6 cm³/mol. The van der Waals surface area contributed by atoms with Crippen molar-refractivity contribution in [1.29, 1.82) is 0 Å². The molecule has 3 nitrogen and oxygen atoms in total. The topological polar surface area (TPSA) is 63.3 Å². The van der Waals surface area contributed by atoms with E-state index in [2.05, 4.69) is 0 Å². The molecule has 0 unspecified atom stereocenters. The molecule has 0 heterocycles. The first-order chi connectivity index (χ1) is 7.21. The van der Waals surface area contributed by atoms with Crippen molar-refractivity contribution in [2.75, 3.05) is 0 Å². The number of rotatable bonds is 4. The maximum atomic E-state index is 11.4. The fourth-order valence-corrected chi connectivity index (χ4v) is 2.02. The number of aliphatic hydroxyl groups excluding tert-OH is 1. The van der Waals surface area contributed by atoms with E-state index in [-0.39, 0.29) is 57.3 Å². The maximum Gasteiger partial charge on any atom is 1.00 e. The van der Waals surface area contributed by atoms with Crippen LogP contribution in [-0.4, -0.2) is 11.0 Å². The third-order valence-corrected chi connectivity index (χ3v) is 2.93. The molecule has 0 bridgehead atoms. The van der Waals surface area contributed by atoms with Crippen molar-refractivity contribution in [3.63, 3.8) is 0 Å². The monoisotopic (exact) mass is 246 g/mol. The Morgan fingerprint density at radius 1 is 1.38 bits per heavy atom. The molecule has 4 heteroatoms. The normalized spacial score (nSPS) is 19.5. The Kier molecular flexibility index (Phi) is 8.50. The van der Waals surface area contributed by atoms with Crippen LogP contribution >= 0.6 is 0 Å². The van der Waals surface area contributed by atoms with Crippen molar-refractivity contribution in [3.05, 3.63) is 30.9 Å². The largest absolute Gasteiger partial charge is 1.00 e. The Morgan fingerprint density at radius 3 is 2.50 bits per heavy atom. The molecule has 0 aromatic heterocycles. The van der Waals surface area contributed by atoms with Crippen LogP contribution in [0.15, 0.2) is 18.2 Å². The Labute approximate surface area is 140 Å². The number of aliphatic hydroxyl groups is 1. The van der Waals surface area contributed by atoms with Gasteiger partial charge in [0.05, 0.1) is 0 Å². The summed E-state index contributed by atoms with van der Waals surface area (Å²) in [4.78, 5) is 11.4. The Morgan fingerprint density at radius 2 is 2.00 bits per heavy atom. The molecule has 1 fully saturated rings. The van der Waals surface area contributed by atoms with Crippen LogP contribution in [0, 0.1) is 18.1 Å². The van der Waals surface area contributed by atoms with Gasteiger partial charge in [0.1, 0.15) is 0 Å². The number of carbonyl (C=O) groups is 1. The summed E-state index contributed by atoms with van der Waals surface area (Å²) in [6.07, 6.45) is 13.5. The summed E-state index contributed by atoms with van der Waals surface area (Å²) in [6.45, 7) is 0. The molecule has 0 spiro atoms. The van der Waals surface area contributed by atoms with E-state index < -0.39 is 5.41 Å². The molecule has 0 aromatic carbocycles. The number of allylic oxidation sites excluding steroid dienone is 3. The third kappa shape index (κ3) is 4.63. The van der Waals surface area contributed by atoms with Crippen molar-refractivity contribution < 1.29 is 61.3 Å². The zero-order valence-corrected chi connectivity index (χ0v) is 12.9. The predicted octanol–water partition coefficient (Wildman–Crippen LogP) is -0.938. The number of hydrogen-bond donors (Lipinski definition) is 2. The molecule has 1 aliphatic rings. The Balaban J connectivity index is 0.00000225. The van der Waals surface area contributed by atoms with Crippen molar-refractivity contribution in [2.45, 2.75) is 32.1 Å². The quantitative estimate of drug-likeness (QED) is 0.291.